The summed E-state index contributed by atoms with van der Waals surface area (Å²) < 4.78 is 10.7. The van der Waals surface area contributed by atoms with E-state index < -0.39 is 6.10 Å². The molecule has 0 rings (SSSR count). The fraction of sp³-hybridized carbons (Fsp3) is 0.634. The number of hydrogen-bond donors (Lipinski definition) is 1. The predicted octanol–water partition coefficient (Wildman–Crippen LogP) is 21.8. The third-order valence-corrected chi connectivity index (χ3v) is 13.1. The van der Waals surface area contributed by atoms with Crippen molar-refractivity contribution in [2.75, 3.05) is 13.2 Å². The molecule has 1 atom stereocenters. The van der Waals surface area contributed by atoms with Crippen molar-refractivity contribution < 1.29 is 24.2 Å². The van der Waals surface area contributed by atoms with Crippen LogP contribution in [0, 0.1) is 0 Å². The van der Waals surface area contributed by atoms with Crippen molar-refractivity contribution in [3.05, 3.63) is 146 Å². The fourth-order valence-corrected chi connectivity index (χ4v) is 8.44. The second-order valence-electron chi connectivity index (χ2n) is 20.4. The highest BCUT2D eigenvalue weighted by Gasteiger charge is 2.16. The van der Waals surface area contributed by atoms with Gasteiger partial charge in [0.2, 0.25) is 0 Å². The molecular weight excluding hydrogens is 933 g/mol. The van der Waals surface area contributed by atoms with Crippen LogP contribution in [0.4, 0.5) is 0 Å². The third kappa shape index (κ3) is 62.3. The lowest BCUT2D eigenvalue weighted by atomic mass is 10.0. The first-order valence-electron chi connectivity index (χ1n) is 31.4. The minimum atomic E-state index is -0.797. The van der Waals surface area contributed by atoms with Crippen LogP contribution >= 0.6 is 0 Å². The maximum Gasteiger partial charge on any atom is 0.306 e. The van der Waals surface area contributed by atoms with Crippen LogP contribution in [0.1, 0.15) is 271 Å². The van der Waals surface area contributed by atoms with Crippen LogP contribution in [0.3, 0.4) is 0 Å². The van der Waals surface area contributed by atoms with Gasteiger partial charge in [0.25, 0.3) is 0 Å². The molecule has 0 aromatic heterocycles. The lowest BCUT2D eigenvalue weighted by molar-refractivity contribution is -0.161. The van der Waals surface area contributed by atoms with Gasteiger partial charge in [0.05, 0.1) is 6.61 Å². The number of carbonyl (C=O) groups is 2. The van der Waals surface area contributed by atoms with E-state index in [2.05, 4.69) is 160 Å². The molecule has 0 heterocycles. The number of rotatable bonds is 56. The van der Waals surface area contributed by atoms with Crippen LogP contribution in [-0.4, -0.2) is 36.4 Å². The summed E-state index contributed by atoms with van der Waals surface area (Å²) in [6, 6.07) is 0. The Kier molecular flexibility index (Phi) is 61.5. The highest BCUT2D eigenvalue weighted by molar-refractivity contribution is 5.70. The maximum atomic E-state index is 12.3. The average molecular weight is 1050 g/mol. The monoisotopic (exact) mass is 1050 g/mol. The normalized spacial score (nSPS) is 13.2. The number of hydrogen-bond acceptors (Lipinski definition) is 5. The van der Waals surface area contributed by atoms with Gasteiger partial charge < -0.3 is 14.6 Å². The minimum Gasteiger partial charge on any atom is -0.462 e. The number of allylic oxidation sites excluding steroid dienone is 24. The third-order valence-electron chi connectivity index (χ3n) is 13.1. The molecule has 0 spiro atoms. The Balaban J connectivity index is 3.61. The van der Waals surface area contributed by atoms with Crippen molar-refractivity contribution in [3.63, 3.8) is 0 Å². The number of ether oxygens (including phenoxy) is 2. The lowest BCUT2D eigenvalue weighted by Crippen LogP contribution is -2.28. The number of aliphatic hydroxyl groups is 1. The van der Waals surface area contributed by atoms with E-state index in [0.717, 1.165) is 122 Å². The molecule has 1 unspecified atom stereocenters. The van der Waals surface area contributed by atoms with Crippen molar-refractivity contribution in [3.8, 4) is 0 Å². The van der Waals surface area contributed by atoms with Gasteiger partial charge in [0, 0.05) is 12.8 Å². The summed E-state index contributed by atoms with van der Waals surface area (Å²) in [4.78, 5) is 24.6. The van der Waals surface area contributed by atoms with E-state index in [-0.39, 0.29) is 25.2 Å². The first-order chi connectivity index (χ1) is 37.6. The number of unbranched alkanes of at least 4 members (excludes halogenated alkanes) is 24. The van der Waals surface area contributed by atoms with Crippen LogP contribution in [0.25, 0.3) is 0 Å². The molecule has 0 aliphatic heterocycles. The summed E-state index contributed by atoms with van der Waals surface area (Å²) >= 11 is 0. The van der Waals surface area contributed by atoms with E-state index in [9.17, 15) is 14.7 Å². The van der Waals surface area contributed by atoms with Gasteiger partial charge in [0.15, 0.2) is 6.10 Å². The molecule has 0 amide bonds. The van der Waals surface area contributed by atoms with Gasteiger partial charge in [-0.05, 0) is 122 Å². The molecule has 5 nitrogen and oxygen atoms in total. The summed E-state index contributed by atoms with van der Waals surface area (Å²) in [7, 11) is 0. The molecule has 0 radical (unpaired) electrons. The minimum absolute atomic E-state index is 0.0840. The molecule has 5 heteroatoms. The van der Waals surface area contributed by atoms with E-state index in [1.54, 1.807) is 0 Å². The average Bonchev–Trinajstić information content (AvgIpc) is 3.42. The smallest absolute Gasteiger partial charge is 0.306 e. The molecule has 76 heavy (non-hydrogen) atoms. The SMILES string of the molecule is CC/C=C\C/C=C\C/C=C\C/C=C\C/C=C\C/C=C\C/C=C\C/C=C\C/C=C\C/C=C\CCCCCCC(=O)OC(CO)COC(=O)CCCCCCCCCCCCCCCCC/C=C\C/C=C\CCCCCCC. The molecule has 0 saturated carbocycles. The van der Waals surface area contributed by atoms with Crippen LogP contribution in [0.2, 0.25) is 0 Å². The van der Waals surface area contributed by atoms with Crippen molar-refractivity contribution in [1.82, 2.24) is 0 Å². The fourth-order valence-electron chi connectivity index (χ4n) is 8.44. The molecule has 0 aliphatic rings. The number of carbonyl (C=O) groups excluding carboxylic acids is 2. The Hall–Kier alpha value is -4.22. The Bertz CT molecular complexity index is 1610. The standard InChI is InChI=1S/C71H116O5/c1-3-5-7-9-11-13-15-17-19-21-23-25-27-29-31-32-33-34-35-36-37-38-40-42-44-46-48-50-52-54-56-58-60-62-64-66-71(74)76-69(67-72)68-75-70(73)65-63-61-59-57-55-53-51-49-47-45-43-41-39-30-28-26-24-22-20-18-16-14-12-10-8-6-4-2/h5,7,11,13,16-19,22-25,29,31,33-34,36-37,40,42,46,48,52,54,69,72H,3-4,6,8-10,12,14-15,20-21,26-28,30,32,35,38-39,41,43-45,47,49-51,53,55-68H2,1-2H3/b7-5-,13-11-,18-16-,19-17-,24-22-,25-23-,31-29-,34-33-,37-36-,42-40-,48-46-,54-52-. The largest absolute Gasteiger partial charge is 0.462 e. The zero-order valence-corrected chi connectivity index (χ0v) is 49.2. The highest BCUT2D eigenvalue weighted by atomic mass is 16.6. The van der Waals surface area contributed by atoms with Gasteiger partial charge in [-0.1, -0.05) is 282 Å². The first kappa shape index (κ1) is 71.8. The van der Waals surface area contributed by atoms with E-state index in [0.29, 0.717) is 12.8 Å². The summed E-state index contributed by atoms with van der Waals surface area (Å²) in [5.74, 6) is -0.623. The zero-order valence-electron chi connectivity index (χ0n) is 49.2. The van der Waals surface area contributed by atoms with E-state index in [1.807, 2.05) is 0 Å². The summed E-state index contributed by atoms with van der Waals surface area (Å²) in [5, 5.41) is 9.68. The Morgan fingerprint density at radius 3 is 0.855 bits per heavy atom. The van der Waals surface area contributed by atoms with Crippen molar-refractivity contribution in [2.45, 2.75) is 277 Å². The first-order valence-corrected chi connectivity index (χ1v) is 31.4. The van der Waals surface area contributed by atoms with Gasteiger partial charge in [-0.15, -0.1) is 0 Å². The molecular formula is C71H116O5. The van der Waals surface area contributed by atoms with Gasteiger partial charge >= 0.3 is 11.9 Å². The van der Waals surface area contributed by atoms with Gasteiger partial charge in [0.1, 0.15) is 6.61 Å². The highest BCUT2D eigenvalue weighted by Crippen LogP contribution is 2.15. The topological polar surface area (TPSA) is 72.8 Å². The second-order valence-corrected chi connectivity index (χ2v) is 20.4. The molecule has 0 aliphatic carbocycles. The van der Waals surface area contributed by atoms with Crippen molar-refractivity contribution >= 4 is 11.9 Å². The quantitative estimate of drug-likeness (QED) is 0.0373. The lowest BCUT2D eigenvalue weighted by Gasteiger charge is -2.15. The summed E-state index contributed by atoms with van der Waals surface area (Å²) in [6.07, 6.45) is 98.3. The molecule has 430 valence electrons. The summed E-state index contributed by atoms with van der Waals surface area (Å²) in [6.45, 7) is 4.00. The van der Waals surface area contributed by atoms with Crippen LogP contribution in [0.15, 0.2) is 146 Å². The molecule has 1 N–H and O–H groups in total. The van der Waals surface area contributed by atoms with Gasteiger partial charge in [-0.25, -0.2) is 0 Å². The summed E-state index contributed by atoms with van der Waals surface area (Å²) in [5.41, 5.74) is 0. The van der Waals surface area contributed by atoms with E-state index in [1.165, 1.54) is 122 Å². The number of esters is 2. The van der Waals surface area contributed by atoms with Crippen LogP contribution < -0.4 is 0 Å². The molecule has 0 aromatic carbocycles. The van der Waals surface area contributed by atoms with Gasteiger partial charge in [-0.2, -0.15) is 0 Å². The maximum absolute atomic E-state index is 12.3. The Labute approximate surface area is 469 Å². The number of aliphatic hydroxyl groups excluding tert-OH is 1. The van der Waals surface area contributed by atoms with Crippen molar-refractivity contribution in [1.29, 1.82) is 0 Å². The van der Waals surface area contributed by atoms with E-state index >= 15 is 0 Å². The van der Waals surface area contributed by atoms with Gasteiger partial charge in [-0.3, -0.25) is 9.59 Å². The zero-order chi connectivity index (χ0) is 54.8. The van der Waals surface area contributed by atoms with Crippen molar-refractivity contribution in [2.24, 2.45) is 0 Å². The molecule has 0 fully saturated rings. The Morgan fingerprint density at radius 2 is 0.566 bits per heavy atom. The molecule has 0 aromatic rings. The molecule has 0 bridgehead atoms. The van der Waals surface area contributed by atoms with E-state index in [4.69, 9.17) is 9.47 Å². The predicted molar refractivity (Wildman–Crippen MR) is 334 cm³/mol. The van der Waals surface area contributed by atoms with Crippen LogP contribution in [-0.2, 0) is 19.1 Å². The molecule has 0 saturated heterocycles. The second kappa shape index (κ2) is 65.1. The Morgan fingerprint density at radius 1 is 0.316 bits per heavy atom. The van der Waals surface area contributed by atoms with Crippen LogP contribution in [0.5, 0.6) is 0 Å².